The summed E-state index contributed by atoms with van der Waals surface area (Å²) < 4.78 is 5.10. The third-order valence-electron chi connectivity index (χ3n) is 2.62. The molecule has 0 saturated heterocycles. The van der Waals surface area contributed by atoms with Gasteiger partial charge >= 0.3 is 0 Å². The molecule has 0 radical (unpaired) electrons. The number of ether oxygens (including phenoxy) is 1. The molecule has 1 aromatic heterocycles. The van der Waals surface area contributed by atoms with Crippen molar-refractivity contribution >= 4 is 27.9 Å². The van der Waals surface area contributed by atoms with E-state index in [9.17, 15) is 0 Å². The maximum atomic E-state index is 8.80. The first kappa shape index (κ1) is 13.4. The lowest BCUT2D eigenvalue weighted by molar-refractivity contribution is 0.319. The minimum Gasteiger partial charge on any atom is -0.497 e. The summed E-state index contributed by atoms with van der Waals surface area (Å²) in [5.74, 6) is 0.810. The van der Waals surface area contributed by atoms with Crippen LogP contribution < -0.4 is 10.1 Å². The van der Waals surface area contributed by atoms with Crippen LogP contribution in [0.4, 0.5) is 10.8 Å². The van der Waals surface area contributed by atoms with E-state index in [2.05, 4.69) is 15.5 Å². The Morgan fingerprint density at radius 1 is 1.37 bits per heavy atom. The molecule has 0 atom stereocenters. The van der Waals surface area contributed by atoms with Gasteiger partial charge in [-0.25, -0.2) is 4.98 Å². The Morgan fingerprint density at radius 3 is 2.63 bits per heavy atom. The van der Waals surface area contributed by atoms with Crippen molar-refractivity contribution in [1.29, 1.82) is 0 Å². The average molecular weight is 277 g/mol. The molecule has 19 heavy (non-hydrogen) atoms. The number of benzene rings is 1. The van der Waals surface area contributed by atoms with Gasteiger partial charge < -0.3 is 15.3 Å². The van der Waals surface area contributed by atoms with Crippen molar-refractivity contribution in [1.82, 2.24) is 4.98 Å². The van der Waals surface area contributed by atoms with Gasteiger partial charge in [-0.15, -0.1) is 0 Å². The summed E-state index contributed by atoms with van der Waals surface area (Å²) in [7, 11) is 1.63. The van der Waals surface area contributed by atoms with E-state index in [1.807, 2.05) is 31.2 Å². The van der Waals surface area contributed by atoms with E-state index in [0.29, 0.717) is 5.71 Å². The third-order valence-corrected chi connectivity index (χ3v) is 3.80. The number of anilines is 2. The van der Waals surface area contributed by atoms with E-state index in [0.717, 1.165) is 27.1 Å². The number of thiazole rings is 1. The quantitative estimate of drug-likeness (QED) is 0.510. The second-order valence-corrected chi connectivity index (χ2v) is 4.97. The molecule has 2 aromatic rings. The molecule has 6 heteroatoms. The van der Waals surface area contributed by atoms with Gasteiger partial charge in [-0.3, -0.25) is 0 Å². The van der Waals surface area contributed by atoms with Crippen LogP contribution in [0, 0.1) is 6.92 Å². The number of hydrogen-bond donors (Lipinski definition) is 2. The molecule has 0 fully saturated rings. The largest absolute Gasteiger partial charge is 0.497 e. The first-order chi connectivity index (χ1) is 9.13. The number of aromatic nitrogens is 1. The summed E-state index contributed by atoms with van der Waals surface area (Å²) in [5, 5.41) is 16.0. The van der Waals surface area contributed by atoms with Gasteiger partial charge in [0.25, 0.3) is 0 Å². The maximum absolute atomic E-state index is 8.80. The van der Waals surface area contributed by atoms with Crippen LogP contribution >= 0.6 is 11.3 Å². The fourth-order valence-corrected chi connectivity index (χ4v) is 2.56. The van der Waals surface area contributed by atoms with Crippen molar-refractivity contribution in [3.63, 3.8) is 0 Å². The predicted octanol–water partition coefficient (Wildman–Crippen LogP) is 3.40. The standard InChI is InChI=1S/C13H15N3O2S/c1-8-12(9(2)16-17)19-13(14-8)15-10-4-6-11(18-3)7-5-10/h4-7,17H,1-3H3,(H,14,15)/b16-9+. The van der Waals surface area contributed by atoms with Crippen LogP contribution in [0.25, 0.3) is 0 Å². The number of rotatable bonds is 4. The van der Waals surface area contributed by atoms with Gasteiger partial charge in [0, 0.05) is 5.69 Å². The van der Waals surface area contributed by atoms with Crippen LogP contribution in [-0.2, 0) is 0 Å². The molecule has 0 amide bonds. The summed E-state index contributed by atoms with van der Waals surface area (Å²) in [6.45, 7) is 3.64. The van der Waals surface area contributed by atoms with Crippen molar-refractivity contribution in [3.05, 3.63) is 34.8 Å². The summed E-state index contributed by atoms with van der Waals surface area (Å²) >= 11 is 1.45. The lowest BCUT2D eigenvalue weighted by atomic mass is 10.3. The summed E-state index contributed by atoms with van der Waals surface area (Å²) in [4.78, 5) is 5.28. The fraction of sp³-hybridized carbons (Fsp3) is 0.231. The van der Waals surface area contributed by atoms with Crippen LogP contribution in [0.5, 0.6) is 5.75 Å². The molecule has 0 aliphatic carbocycles. The van der Waals surface area contributed by atoms with Crippen molar-refractivity contribution < 1.29 is 9.94 Å². The molecule has 0 aliphatic rings. The number of nitrogens with zero attached hydrogens (tertiary/aromatic N) is 2. The van der Waals surface area contributed by atoms with Crippen molar-refractivity contribution in [2.45, 2.75) is 13.8 Å². The molecule has 1 heterocycles. The van der Waals surface area contributed by atoms with Crippen LogP contribution in [-0.4, -0.2) is 23.0 Å². The zero-order chi connectivity index (χ0) is 13.8. The Hall–Kier alpha value is -2.08. The van der Waals surface area contributed by atoms with Crippen LogP contribution in [0.1, 0.15) is 17.5 Å². The van der Waals surface area contributed by atoms with Crippen LogP contribution in [0.2, 0.25) is 0 Å². The molecule has 2 rings (SSSR count). The van der Waals surface area contributed by atoms with Gasteiger partial charge in [0.1, 0.15) is 5.75 Å². The minimum atomic E-state index is 0.567. The zero-order valence-electron chi connectivity index (χ0n) is 11.0. The summed E-state index contributed by atoms with van der Waals surface area (Å²) in [5.41, 5.74) is 2.34. The monoisotopic (exact) mass is 277 g/mol. The molecule has 0 unspecified atom stereocenters. The second kappa shape index (κ2) is 5.71. The highest BCUT2D eigenvalue weighted by Crippen LogP contribution is 2.27. The molecule has 0 saturated carbocycles. The highest BCUT2D eigenvalue weighted by atomic mass is 32.1. The molecule has 0 spiro atoms. The molecular weight excluding hydrogens is 262 g/mol. The first-order valence-electron chi connectivity index (χ1n) is 5.71. The number of methoxy groups -OCH3 is 1. The van der Waals surface area contributed by atoms with E-state index >= 15 is 0 Å². The number of nitrogens with one attached hydrogen (secondary N) is 1. The van der Waals surface area contributed by atoms with Gasteiger partial charge in [0.05, 0.1) is 23.4 Å². The topological polar surface area (TPSA) is 66.7 Å². The predicted molar refractivity (Wildman–Crippen MR) is 77.1 cm³/mol. The van der Waals surface area contributed by atoms with Gasteiger partial charge in [-0.2, -0.15) is 0 Å². The lowest BCUT2D eigenvalue weighted by Gasteiger charge is -2.03. The highest BCUT2D eigenvalue weighted by Gasteiger charge is 2.10. The van der Waals surface area contributed by atoms with Crippen LogP contribution in [0.3, 0.4) is 0 Å². The molecule has 100 valence electrons. The SMILES string of the molecule is COc1ccc(Nc2nc(C)c(/C(C)=N/O)s2)cc1. The van der Waals surface area contributed by atoms with Gasteiger partial charge in [-0.05, 0) is 38.1 Å². The van der Waals surface area contributed by atoms with E-state index in [1.165, 1.54) is 11.3 Å². The Balaban J connectivity index is 2.19. The Bertz CT molecular complexity index is 590. The molecule has 5 nitrogen and oxygen atoms in total. The fourth-order valence-electron chi connectivity index (χ4n) is 1.63. The molecule has 1 aromatic carbocycles. The Labute approximate surface area is 115 Å². The second-order valence-electron chi connectivity index (χ2n) is 3.97. The first-order valence-corrected chi connectivity index (χ1v) is 6.53. The van der Waals surface area contributed by atoms with E-state index in [4.69, 9.17) is 9.94 Å². The van der Waals surface area contributed by atoms with Gasteiger partial charge in [0.15, 0.2) is 5.13 Å². The smallest absolute Gasteiger partial charge is 0.188 e. The van der Waals surface area contributed by atoms with Gasteiger partial charge in [0.2, 0.25) is 0 Å². The maximum Gasteiger partial charge on any atom is 0.188 e. The van der Waals surface area contributed by atoms with Crippen molar-refractivity contribution in [3.8, 4) is 5.75 Å². The average Bonchev–Trinajstić information content (AvgIpc) is 2.79. The number of hydrogen-bond acceptors (Lipinski definition) is 6. The molecule has 0 aliphatic heterocycles. The van der Waals surface area contributed by atoms with Crippen molar-refractivity contribution in [2.75, 3.05) is 12.4 Å². The summed E-state index contributed by atoms with van der Waals surface area (Å²) in [6.07, 6.45) is 0. The molecule has 2 N–H and O–H groups in total. The van der Waals surface area contributed by atoms with Crippen molar-refractivity contribution in [2.24, 2.45) is 5.16 Å². The van der Waals surface area contributed by atoms with Crippen LogP contribution in [0.15, 0.2) is 29.4 Å². The van der Waals surface area contributed by atoms with E-state index < -0.39 is 0 Å². The lowest BCUT2D eigenvalue weighted by Crippen LogP contribution is -1.92. The number of aryl methyl sites for hydroxylation is 1. The highest BCUT2D eigenvalue weighted by molar-refractivity contribution is 7.17. The zero-order valence-corrected chi connectivity index (χ0v) is 11.8. The third kappa shape index (κ3) is 3.03. The normalized spacial score (nSPS) is 11.4. The number of oxime groups is 1. The van der Waals surface area contributed by atoms with Gasteiger partial charge in [-0.1, -0.05) is 16.5 Å². The summed E-state index contributed by atoms with van der Waals surface area (Å²) in [6, 6.07) is 7.60. The Morgan fingerprint density at radius 2 is 2.05 bits per heavy atom. The molecular formula is C13H15N3O2S. The minimum absolute atomic E-state index is 0.567. The van der Waals surface area contributed by atoms with E-state index in [-0.39, 0.29) is 0 Å². The Kier molecular flexibility index (Phi) is 4.01. The van der Waals surface area contributed by atoms with E-state index in [1.54, 1.807) is 14.0 Å². The molecule has 0 bridgehead atoms.